The van der Waals surface area contributed by atoms with E-state index in [0.29, 0.717) is 19.0 Å². The van der Waals surface area contributed by atoms with E-state index in [9.17, 15) is 9.59 Å². The van der Waals surface area contributed by atoms with E-state index in [4.69, 9.17) is 14.5 Å². The minimum Gasteiger partial charge on any atom is -0.453 e. The van der Waals surface area contributed by atoms with Crippen LogP contribution in [-0.2, 0) is 32.1 Å². The fourth-order valence-corrected chi connectivity index (χ4v) is 5.67. The maximum Gasteiger partial charge on any atom is 0.407 e. The third-order valence-corrected chi connectivity index (χ3v) is 8.03. The van der Waals surface area contributed by atoms with Gasteiger partial charge < -0.3 is 39.7 Å². The average molecular weight is 700 g/mol. The molecule has 1 aliphatic rings. The average Bonchev–Trinajstić information content (AvgIpc) is 3.91. The normalized spacial score (nSPS) is 13.2. The maximum absolute atomic E-state index is 13.0. The molecule has 0 spiro atoms. The molecule has 0 atom stereocenters. The second-order valence-electron chi connectivity index (χ2n) is 12.2. The SMILES string of the molecule is CC.CCC.CCCNCc1nc2c(ccc3cc(-c4ccc(-c5cnc(CN(CC6(C)OCCO6)C(=O)CNC(=O)OC)[nH]5)cc4)ccc32)[nH]1. The minimum absolute atomic E-state index is 0.175. The van der Waals surface area contributed by atoms with Crippen LogP contribution < -0.4 is 10.6 Å². The van der Waals surface area contributed by atoms with Gasteiger partial charge in [-0.15, -0.1) is 0 Å². The molecule has 12 nitrogen and oxygen atoms in total. The van der Waals surface area contributed by atoms with Crippen molar-refractivity contribution < 1.29 is 23.8 Å². The van der Waals surface area contributed by atoms with Gasteiger partial charge in [0.25, 0.3) is 0 Å². The molecule has 6 rings (SSSR count). The van der Waals surface area contributed by atoms with Crippen LogP contribution >= 0.6 is 0 Å². The molecule has 0 aliphatic carbocycles. The van der Waals surface area contributed by atoms with E-state index in [1.807, 2.05) is 26.0 Å². The Morgan fingerprint density at radius 3 is 2.31 bits per heavy atom. The molecule has 0 bridgehead atoms. The molecule has 0 saturated carbocycles. The van der Waals surface area contributed by atoms with Crippen LogP contribution in [0, 0.1) is 0 Å². The van der Waals surface area contributed by atoms with Gasteiger partial charge in [-0.1, -0.05) is 83.5 Å². The number of carbonyl (C=O) groups is 2. The van der Waals surface area contributed by atoms with Gasteiger partial charge in [0.15, 0.2) is 5.79 Å². The lowest BCUT2D eigenvalue weighted by atomic mass is 9.99. The number of amides is 2. The molecule has 2 aromatic heterocycles. The predicted octanol–water partition coefficient (Wildman–Crippen LogP) is 7.16. The summed E-state index contributed by atoms with van der Waals surface area (Å²) in [7, 11) is 1.25. The number of hydrogen-bond acceptors (Lipinski definition) is 8. The Kier molecular flexibility index (Phi) is 14.5. The van der Waals surface area contributed by atoms with Crippen LogP contribution in [0.2, 0.25) is 0 Å². The second-order valence-corrected chi connectivity index (χ2v) is 12.2. The molecule has 1 fully saturated rings. The number of ether oxygens (including phenoxy) is 3. The van der Waals surface area contributed by atoms with Gasteiger partial charge in [-0.3, -0.25) is 4.79 Å². The molecule has 274 valence electrons. The number of methoxy groups -OCH3 is 1. The summed E-state index contributed by atoms with van der Waals surface area (Å²) in [4.78, 5) is 42.3. The van der Waals surface area contributed by atoms with E-state index in [2.05, 4.69) is 93.6 Å². The summed E-state index contributed by atoms with van der Waals surface area (Å²) >= 11 is 0. The molecule has 2 amide bonds. The lowest BCUT2D eigenvalue weighted by Crippen LogP contribution is -2.47. The van der Waals surface area contributed by atoms with E-state index in [0.717, 1.165) is 69.5 Å². The smallest absolute Gasteiger partial charge is 0.407 e. The Balaban J connectivity index is 0.00000111. The van der Waals surface area contributed by atoms with Crippen molar-refractivity contribution in [2.45, 2.75) is 73.3 Å². The first-order valence-electron chi connectivity index (χ1n) is 17.9. The maximum atomic E-state index is 13.0. The Labute approximate surface area is 300 Å². The van der Waals surface area contributed by atoms with Crippen LogP contribution in [0.5, 0.6) is 0 Å². The zero-order valence-electron chi connectivity index (χ0n) is 31.0. The quantitative estimate of drug-likeness (QED) is 0.100. The van der Waals surface area contributed by atoms with Crippen LogP contribution in [-0.4, -0.2) is 82.6 Å². The van der Waals surface area contributed by atoms with Crippen molar-refractivity contribution in [3.8, 4) is 22.4 Å². The fraction of sp³-hybridized carbons (Fsp3) is 0.436. The van der Waals surface area contributed by atoms with Crippen molar-refractivity contribution in [2.75, 3.05) is 40.0 Å². The van der Waals surface area contributed by atoms with Gasteiger partial charge in [-0.05, 0) is 54.1 Å². The summed E-state index contributed by atoms with van der Waals surface area (Å²) < 4.78 is 16.0. The molecule has 12 heteroatoms. The molecular formula is C39H53N7O5. The van der Waals surface area contributed by atoms with Crippen LogP contribution in [0.1, 0.15) is 66.0 Å². The molecule has 4 N–H and O–H groups in total. The summed E-state index contributed by atoms with van der Waals surface area (Å²) in [5.74, 6) is 0.281. The summed E-state index contributed by atoms with van der Waals surface area (Å²) in [6.45, 7) is 14.9. The van der Waals surface area contributed by atoms with Crippen molar-refractivity contribution in [2.24, 2.45) is 0 Å². The molecule has 0 unspecified atom stereocenters. The van der Waals surface area contributed by atoms with E-state index < -0.39 is 11.9 Å². The van der Waals surface area contributed by atoms with Gasteiger partial charge in [-0.25, -0.2) is 14.8 Å². The molecule has 1 aliphatic heterocycles. The first-order chi connectivity index (χ1) is 24.7. The zero-order valence-corrected chi connectivity index (χ0v) is 31.0. The number of aromatic nitrogens is 4. The van der Waals surface area contributed by atoms with Gasteiger partial charge in [0, 0.05) is 5.39 Å². The van der Waals surface area contributed by atoms with Gasteiger partial charge >= 0.3 is 6.09 Å². The third kappa shape index (κ3) is 10.4. The number of alkyl carbamates (subject to hydrolysis) is 1. The van der Waals surface area contributed by atoms with Crippen LogP contribution in [0.4, 0.5) is 4.79 Å². The third-order valence-electron chi connectivity index (χ3n) is 8.03. The highest BCUT2D eigenvalue weighted by Gasteiger charge is 2.35. The monoisotopic (exact) mass is 699 g/mol. The number of benzene rings is 3. The predicted molar refractivity (Wildman–Crippen MR) is 202 cm³/mol. The highest BCUT2D eigenvalue weighted by Crippen LogP contribution is 2.30. The number of hydrogen-bond donors (Lipinski definition) is 4. The number of rotatable bonds is 12. The summed E-state index contributed by atoms with van der Waals surface area (Å²) in [5.41, 5.74) is 6.02. The summed E-state index contributed by atoms with van der Waals surface area (Å²) in [5, 5.41) is 8.10. The largest absolute Gasteiger partial charge is 0.453 e. The van der Waals surface area contributed by atoms with Crippen molar-refractivity contribution in [1.29, 1.82) is 0 Å². The molecule has 3 aromatic carbocycles. The van der Waals surface area contributed by atoms with Gasteiger partial charge in [-0.2, -0.15) is 0 Å². The Bertz CT molecular complexity index is 1840. The molecule has 0 radical (unpaired) electrons. The van der Waals surface area contributed by atoms with Crippen molar-refractivity contribution in [1.82, 2.24) is 35.5 Å². The van der Waals surface area contributed by atoms with E-state index in [1.165, 1.54) is 13.5 Å². The highest BCUT2D eigenvalue weighted by atomic mass is 16.7. The van der Waals surface area contributed by atoms with Crippen molar-refractivity contribution >= 4 is 33.8 Å². The lowest BCUT2D eigenvalue weighted by molar-refractivity contribution is -0.167. The number of nitrogens with zero attached hydrogens (tertiary/aromatic N) is 3. The summed E-state index contributed by atoms with van der Waals surface area (Å²) in [6.07, 6.45) is 3.41. The molecule has 51 heavy (non-hydrogen) atoms. The van der Waals surface area contributed by atoms with E-state index in [-0.39, 0.29) is 25.5 Å². The summed E-state index contributed by atoms with van der Waals surface area (Å²) in [6, 6.07) is 19.0. The topological polar surface area (TPSA) is 146 Å². The number of nitrogens with one attached hydrogen (secondary N) is 4. The zero-order chi connectivity index (χ0) is 36.8. The van der Waals surface area contributed by atoms with E-state index in [1.54, 1.807) is 18.0 Å². The number of imidazole rings is 2. The van der Waals surface area contributed by atoms with Crippen LogP contribution in [0.15, 0.2) is 60.8 Å². The number of aromatic amines is 2. The highest BCUT2D eigenvalue weighted by molar-refractivity contribution is 6.05. The van der Waals surface area contributed by atoms with Gasteiger partial charge in [0.05, 0.1) is 62.9 Å². The first-order valence-corrected chi connectivity index (χ1v) is 17.9. The van der Waals surface area contributed by atoms with Crippen molar-refractivity contribution in [3.63, 3.8) is 0 Å². The number of H-pyrrole nitrogens is 2. The van der Waals surface area contributed by atoms with Crippen LogP contribution in [0.25, 0.3) is 44.2 Å². The Morgan fingerprint density at radius 1 is 0.941 bits per heavy atom. The first kappa shape index (κ1) is 39.0. The molecule has 5 aromatic rings. The number of fused-ring (bicyclic) bond motifs is 3. The van der Waals surface area contributed by atoms with Crippen LogP contribution in [0.3, 0.4) is 0 Å². The second kappa shape index (κ2) is 19.0. The fourth-order valence-electron chi connectivity index (χ4n) is 5.67. The standard InChI is InChI=1S/C34H39N7O5.C3H8.C2H6/c1-4-13-35-18-29-38-27-12-10-25-16-24(9-11-26(25)32(27)40-29)22-5-7-23(8-6-22)28-17-36-30(39-28)20-41(21-34(2)45-14-15-46-34)31(42)19-37-33(43)44-3;1-3-2;1-2/h5-12,16-17,35H,4,13-15,18-21H2,1-3H3,(H,36,39)(H,37,43)(H,38,40);3H2,1-2H3;1-2H3. The van der Waals surface area contributed by atoms with E-state index >= 15 is 0 Å². The molecule has 1 saturated heterocycles. The minimum atomic E-state index is -0.937. The van der Waals surface area contributed by atoms with Gasteiger partial charge in [0.2, 0.25) is 5.91 Å². The Morgan fingerprint density at radius 2 is 1.63 bits per heavy atom. The Hall–Kier alpha value is -4.78. The van der Waals surface area contributed by atoms with Crippen molar-refractivity contribution in [3.05, 3.63) is 72.4 Å². The number of carbonyl (C=O) groups excluding carboxylic acids is 2. The van der Waals surface area contributed by atoms with Gasteiger partial charge in [0.1, 0.15) is 18.2 Å². The molecule has 3 heterocycles. The lowest BCUT2D eigenvalue weighted by Gasteiger charge is -2.30. The molecular weight excluding hydrogens is 646 g/mol.